The molecule has 0 aliphatic heterocycles. The Morgan fingerprint density at radius 1 is 1.26 bits per heavy atom. The summed E-state index contributed by atoms with van der Waals surface area (Å²) in [7, 11) is 1.55. The van der Waals surface area contributed by atoms with Gasteiger partial charge in [-0.3, -0.25) is 9.59 Å². The van der Waals surface area contributed by atoms with E-state index in [2.05, 4.69) is 37.0 Å². The Labute approximate surface area is 153 Å². The molecule has 9 heteroatoms. The van der Waals surface area contributed by atoms with Gasteiger partial charge >= 0.3 is 0 Å². The minimum Gasteiger partial charge on any atom is -0.497 e. The highest BCUT2D eigenvalue weighted by Gasteiger charge is 2.34. The smallest absolute Gasteiger partial charge is 0.291 e. The lowest BCUT2D eigenvalue weighted by Crippen LogP contribution is -2.38. The Bertz CT molecular complexity index is 790. The number of carbonyl (C=O) groups is 1. The van der Waals surface area contributed by atoms with E-state index in [1.54, 1.807) is 31.4 Å². The van der Waals surface area contributed by atoms with Crippen LogP contribution in [0.1, 0.15) is 6.92 Å². The maximum Gasteiger partial charge on any atom is 0.291 e. The minimum atomic E-state index is -1.46. The van der Waals surface area contributed by atoms with Gasteiger partial charge in [-0.25, -0.2) is 0 Å². The fourth-order valence-corrected chi connectivity index (χ4v) is 2.28. The predicted molar refractivity (Wildman–Crippen MR) is 93.1 cm³/mol. The van der Waals surface area contributed by atoms with Crippen LogP contribution in [0.15, 0.2) is 35.3 Å². The second kappa shape index (κ2) is 7.02. The number of Topliss-reactive ketones (excluding diaryl/α,β-unsaturated/α-hetero) is 1. The van der Waals surface area contributed by atoms with Gasteiger partial charge in [-0.15, -0.1) is 0 Å². The molecule has 0 unspecified atom stereocenters. The molecule has 0 N–H and O–H groups in total. The average molecular weight is 467 g/mol. The maximum absolute atomic E-state index is 12.3. The molecule has 0 saturated heterocycles. The van der Waals surface area contributed by atoms with Gasteiger partial charge in [0.15, 0.2) is 16.6 Å². The van der Waals surface area contributed by atoms with Crippen molar-refractivity contribution in [3.63, 3.8) is 0 Å². The molecule has 6 nitrogen and oxygen atoms in total. The third kappa shape index (κ3) is 3.76. The third-order valence-electron chi connectivity index (χ3n) is 2.86. The van der Waals surface area contributed by atoms with Crippen molar-refractivity contribution in [2.24, 2.45) is 0 Å². The van der Waals surface area contributed by atoms with Gasteiger partial charge < -0.3 is 9.47 Å². The van der Waals surface area contributed by atoms with Crippen LogP contribution in [0.25, 0.3) is 0 Å². The number of alkyl halides is 2. The molecular weight excluding hydrogens is 455 g/mol. The third-order valence-corrected chi connectivity index (χ3v) is 5.00. The molecule has 23 heavy (non-hydrogen) atoms. The van der Waals surface area contributed by atoms with Crippen LogP contribution in [0.5, 0.6) is 17.2 Å². The molecule has 0 aliphatic rings. The molecule has 0 atom stereocenters. The van der Waals surface area contributed by atoms with Crippen LogP contribution >= 0.6 is 43.5 Å². The van der Waals surface area contributed by atoms with Crippen molar-refractivity contribution >= 4 is 49.2 Å². The molecule has 2 aromatic rings. The maximum atomic E-state index is 12.3. The lowest BCUT2D eigenvalue weighted by molar-refractivity contribution is -0.118. The number of methoxy groups -OCH3 is 1. The number of hydrogen-bond acceptors (Lipinski definition) is 5. The van der Waals surface area contributed by atoms with E-state index >= 15 is 0 Å². The normalized spacial score (nSPS) is 11.2. The monoisotopic (exact) mass is 464 g/mol. The Morgan fingerprint density at radius 2 is 1.83 bits per heavy atom. The largest absolute Gasteiger partial charge is 0.497 e. The lowest BCUT2D eigenvalue weighted by atomic mass is 10.3. The Hall–Kier alpha value is -1.38. The highest BCUT2D eigenvalue weighted by molar-refractivity contribution is 9.25. The van der Waals surface area contributed by atoms with E-state index in [0.717, 1.165) is 4.68 Å². The fourth-order valence-electron chi connectivity index (χ4n) is 1.61. The molecular formula is C14H11Br2ClN2O4. The molecule has 1 heterocycles. The summed E-state index contributed by atoms with van der Waals surface area (Å²) in [6.07, 6.45) is 1.26. The Balaban J connectivity index is 2.37. The van der Waals surface area contributed by atoms with Crippen LogP contribution < -0.4 is 15.0 Å². The highest BCUT2D eigenvalue weighted by atomic mass is 79.9. The summed E-state index contributed by atoms with van der Waals surface area (Å²) in [5.74, 6) is 0.841. The number of rotatable bonds is 5. The number of aromatic nitrogens is 2. The predicted octanol–water partition coefficient (Wildman–Crippen LogP) is 3.69. The molecule has 0 bridgehead atoms. The van der Waals surface area contributed by atoms with Crippen LogP contribution in [0.3, 0.4) is 0 Å². The quantitative estimate of drug-likeness (QED) is 0.629. The summed E-state index contributed by atoms with van der Waals surface area (Å²) >= 11 is 12.2. The van der Waals surface area contributed by atoms with Crippen molar-refractivity contribution in [2.75, 3.05) is 7.11 Å². The van der Waals surface area contributed by atoms with Crippen LogP contribution in [0, 0.1) is 0 Å². The van der Waals surface area contributed by atoms with Gasteiger partial charge in [-0.05, 0) is 63.0 Å². The van der Waals surface area contributed by atoms with Crippen LogP contribution in [-0.4, -0.2) is 22.7 Å². The van der Waals surface area contributed by atoms with Crippen LogP contribution in [0.4, 0.5) is 0 Å². The van der Waals surface area contributed by atoms with E-state index in [0.29, 0.717) is 11.5 Å². The Morgan fingerprint density at radius 3 is 2.35 bits per heavy atom. The molecule has 0 radical (unpaired) electrons. The summed E-state index contributed by atoms with van der Waals surface area (Å²) in [6.45, 7) is 1.30. The first kappa shape index (κ1) is 18.0. The fraction of sp³-hybridized carbons (Fsp3) is 0.214. The number of halogens is 3. The first-order valence-corrected chi connectivity index (χ1v) is 8.23. The summed E-state index contributed by atoms with van der Waals surface area (Å²) in [5, 5.41) is 3.72. The number of ketones is 1. The topological polar surface area (TPSA) is 70.4 Å². The zero-order valence-electron chi connectivity index (χ0n) is 12.0. The molecule has 1 aromatic heterocycles. The first-order valence-electron chi connectivity index (χ1n) is 6.26. The van der Waals surface area contributed by atoms with E-state index in [4.69, 9.17) is 21.1 Å². The molecule has 0 aliphatic carbocycles. The van der Waals surface area contributed by atoms with E-state index in [9.17, 15) is 9.59 Å². The Kier molecular flexibility index (Phi) is 5.49. The molecule has 0 spiro atoms. The lowest BCUT2D eigenvalue weighted by Gasteiger charge is -2.19. The van der Waals surface area contributed by atoms with Gasteiger partial charge in [-0.1, -0.05) is 11.6 Å². The number of hydrogen-bond donors (Lipinski definition) is 0. The van der Waals surface area contributed by atoms with Gasteiger partial charge in [0, 0.05) is 0 Å². The summed E-state index contributed by atoms with van der Waals surface area (Å²) in [5.41, 5.74) is -0.679. The van der Waals surface area contributed by atoms with Crippen molar-refractivity contribution in [1.82, 2.24) is 9.78 Å². The number of nitrogens with zero attached hydrogens (tertiary/aromatic N) is 2. The molecule has 0 saturated carbocycles. The number of carbonyl (C=O) groups excluding carboxylic acids is 1. The van der Waals surface area contributed by atoms with E-state index in [-0.39, 0.29) is 16.6 Å². The van der Waals surface area contributed by atoms with Crippen molar-refractivity contribution < 1.29 is 14.3 Å². The molecule has 1 aromatic carbocycles. The van der Waals surface area contributed by atoms with Gasteiger partial charge in [0.25, 0.3) is 5.56 Å². The zero-order valence-corrected chi connectivity index (χ0v) is 16.0. The van der Waals surface area contributed by atoms with Crippen molar-refractivity contribution in [2.45, 2.75) is 10.3 Å². The van der Waals surface area contributed by atoms with Gasteiger partial charge in [0.1, 0.15) is 11.5 Å². The van der Waals surface area contributed by atoms with E-state index in [1.807, 2.05) is 0 Å². The van der Waals surface area contributed by atoms with Gasteiger partial charge in [0.05, 0.1) is 13.3 Å². The molecule has 2 rings (SSSR count). The summed E-state index contributed by atoms with van der Waals surface area (Å²) in [4.78, 5) is 23.9. The van der Waals surface area contributed by atoms with Gasteiger partial charge in [-0.2, -0.15) is 9.78 Å². The second-order valence-corrected chi connectivity index (χ2v) is 8.15. The summed E-state index contributed by atoms with van der Waals surface area (Å²) in [6, 6.07) is 6.73. The van der Waals surface area contributed by atoms with E-state index < -0.39 is 8.92 Å². The second-order valence-electron chi connectivity index (χ2n) is 4.41. The standard InChI is InChI=1S/C14H11Br2ClN2O4/c1-8(20)14(15,16)19-13(21)12(17)11(7-18-19)23-10-5-3-9(22-2)4-6-10/h3-7H,1-2H3. The molecule has 0 fully saturated rings. The van der Waals surface area contributed by atoms with Crippen molar-refractivity contribution in [3.05, 3.63) is 45.8 Å². The van der Waals surface area contributed by atoms with Crippen molar-refractivity contribution in [1.29, 1.82) is 0 Å². The van der Waals surface area contributed by atoms with Crippen LogP contribution in [-0.2, 0) is 8.15 Å². The highest BCUT2D eigenvalue weighted by Crippen LogP contribution is 2.33. The number of benzene rings is 1. The number of ether oxygens (including phenoxy) is 2. The van der Waals surface area contributed by atoms with Crippen LogP contribution in [0.2, 0.25) is 5.02 Å². The zero-order chi connectivity index (χ0) is 17.2. The SMILES string of the molecule is COc1ccc(Oc2cnn(C(Br)(Br)C(C)=O)c(=O)c2Cl)cc1. The van der Waals surface area contributed by atoms with E-state index in [1.165, 1.54) is 13.1 Å². The molecule has 122 valence electrons. The molecule has 0 amide bonds. The first-order chi connectivity index (χ1) is 10.8. The minimum absolute atomic E-state index is 0.0810. The summed E-state index contributed by atoms with van der Waals surface area (Å²) < 4.78 is 10.0. The average Bonchev–Trinajstić information content (AvgIpc) is 2.52. The van der Waals surface area contributed by atoms with Crippen molar-refractivity contribution in [3.8, 4) is 17.2 Å². The van der Waals surface area contributed by atoms with Gasteiger partial charge in [0.2, 0.25) is 3.36 Å².